The molecule has 3 nitrogen and oxygen atoms in total. The quantitative estimate of drug-likeness (QED) is 0.747. The molecule has 0 fully saturated rings. The Balaban J connectivity index is 1.75. The Morgan fingerprint density at radius 1 is 1.00 bits per heavy atom. The zero-order chi connectivity index (χ0) is 16.2. The topological polar surface area (TPSA) is 49.5 Å². The van der Waals surface area contributed by atoms with E-state index in [-0.39, 0.29) is 11.4 Å². The first-order valence-corrected chi connectivity index (χ1v) is 7.86. The average Bonchev–Trinajstić information content (AvgIpc) is 2.56. The summed E-state index contributed by atoms with van der Waals surface area (Å²) in [7, 11) is 0. The molecule has 1 heterocycles. The molecule has 4 heteroatoms. The normalized spacial score (nSPS) is 11.0. The summed E-state index contributed by atoms with van der Waals surface area (Å²) in [6.07, 6.45) is 0.973. The average molecular weight is 311 g/mol. The van der Waals surface area contributed by atoms with Crippen LogP contribution >= 0.6 is 0 Å². The van der Waals surface area contributed by atoms with Gasteiger partial charge in [0.1, 0.15) is 18.9 Å². The van der Waals surface area contributed by atoms with E-state index in [0.717, 1.165) is 28.5 Å². The highest BCUT2D eigenvalue weighted by molar-refractivity contribution is 5.79. The standard InChI is InChI=1S/C19H19FN2O/c1-2-13-5-8-18-15(9-13)10-16(19(23)22-18)12-21-11-14-3-6-17(20)7-4-14/h3-10,21H,2,11-12H2,1H3,(H,22,23)/p+1. The Labute approximate surface area is 134 Å². The number of H-pyrrole nitrogens is 1. The molecule has 0 radical (unpaired) electrons. The van der Waals surface area contributed by atoms with Gasteiger partial charge in [-0.15, -0.1) is 0 Å². The minimum absolute atomic E-state index is 0.0443. The molecule has 0 bridgehead atoms. The molecule has 23 heavy (non-hydrogen) atoms. The summed E-state index contributed by atoms with van der Waals surface area (Å²) in [6.45, 7) is 3.43. The highest BCUT2D eigenvalue weighted by Crippen LogP contribution is 2.14. The first-order chi connectivity index (χ1) is 11.2. The molecule has 0 aliphatic carbocycles. The zero-order valence-corrected chi connectivity index (χ0v) is 13.1. The van der Waals surface area contributed by atoms with E-state index >= 15 is 0 Å². The summed E-state index contributed by atoms with van der Waals surface area (Å²) >= 11 is 0. The number of aromatic nitrogens is 1. The fraction of sp³-hybridized carbons (Fsp3) is 0.211. The number of hydrogen-bond acceptors (Lipinski definition) is 1. The second-order valence-electron chi connectivity index (χ2n) is 5.72. The number of aromatic amines is 1. The highest BCUT2D eigenvalue weighted by atomic mass is 19.1. The van der Waals surface area contributed by atoms with E-state index in [9.17, 15) is 9.18 Å². The summed E-state index contributed by atoms with van der Waals surface area (Å²) in [6, 6.07) is 14.5. The Bertz CT molecular complexity index is 869. The number of nitrogens with two attached hydrogens (primary N) is 1. The summed E-state index contributed by atoms with van der Waals surface area (Å²) in [5, 5.41) is 3.11. The second kappa shape index (κ2) is 6.75. The number of quaternary nitrogens is 1. The lowest BCUT2D eigenvalue weighted by atomic mass is 10.1. The summed E-state index contributed by atoms with van der Waals surface area (Å²) in [5.74, 6) is -0.230. The van der Waals surface area contributed by atoms with E-state index in [1.807, 2.05) is 23.5 Å². The number of benzene rings is 2. The zero-order valence-electron chi connectivity index (χ0n) is 13.1. The minimum atomic E-state index is -0.230. The molecule has 118 valence electrons. The third kappa shape index (κ3) is 3.66. The van der Waals surface area contributed by atoms with Gasteiger partial charge in [-0.1, -0.05) is 25.1 Å². The molecular formula is C19H20FN2O+. The number of halogens is 1. The van der Waals surface area contributed by atoms with Crippen LogP contribution in [-0.4, -0.2) is 4.98 Å². The van der Waals surface area contributed by atoms with Crippen molar-refractivity contribution in [2.45, 2.75) is 26.4 Å². The van der Waals surface area contributed by atoms with Gasteiger partial charge in [0.05, 0.1) is 5.56 Å². The smallest absolute Gasteiger partial charge is 0.257 e. The van der Waals surface area contributed by atoms with Gasteiger partial charge in [-0.25, -0.2) is 4.39 Å². The Kier molecular flexibility index (Phi) is 4.53. The van der Waals surface area contributed by atoms with Gasteiger partial charge in [-0.3, -0.25) is 4.79 Å². The third-order valence-corrected chi connectivity index (χ3v) is 4.05. The van der Waals surface area contributed by atoms with Gasteiger partial charge >= 0.3 is 0 Å². The van der Waals surface area contributed by atoms with Gasteiger partial charge in [-0.2, -0.15) is 0 Å². The lowest BCUT2D eigenvalue weighted by Crippen LogP contribution is -2.81. The third-order valence-electron chi connectivity index (χ3n) is 4.05. The molecule has 0 unspecified atom stereocenters. The van der Waals surface area contributed by atoms with Gasteiger partial charge < -0.3 is 10.3 Å². The predicted octanol–water partition coefficient (Wildman–Crippen LogP) is 2.49. The van der Waals surface area contributed by atoms with Crippen LogP contribution in [0.25, 0.3) is 10.9 Å². The maximum Gasteiger partial charge on any atom is 0.257 e. The molecule has 0 atom stereocenters. The van der Waals surface area contributed by atoms with E-state index in [4.69, 9.17) is 0 Å². The second-order valence-corrected chi connectivity index (χ2v) is 5.72. The van der Waals surface area contributed by atoms with Gasteiger partial charge in [0.15, 0.2) is 0 Å². The first-order valence-electron chi connectivity index (χ1n) is 7.86. The summed E-state index contributed by atoms with van der Waals surface area (Å²) < 4.78 is 12.9. The number of fused-ring (bicyclic) bond motifs is 1. The van der Waals surface area contributed by atoms with E-state index in [1.54, 1.807) is 12.1 Å². The SMILES string of the molecule is CCc1ccc2[nH]c(=O)c(C[NH2+]Cc3ccc(F)cc3)cc2c1. The molecule has 1 aromatic heterocycles. The van der Waals surface area contributed by atoms with Crippen LogP contribution in [0.2, 0.25) is 0 Å². The minimum Gasteiger partial charge on any atom is -0.339 e. The van der Waals surface area contributed by atoms with Crippen molar-refractivity contribution in [2.24, 2.45) is 0 Å². The predicted molar refractivity (Wildman–Crippen MR) is 89.7 cm³/mol. The van der Waals surface area contributed by atoms with Crippen molar-refractivity contribution in [3.05, 3.63) is 81.4 Å². The van der Waals surface area contributed by atoms with Crippen LogP contribution in [-0.2, 0) is 19.5 Å². The first kappa shape index (κ1) is 15.4. The Morgan fingerprint density at radius 2 is 1.74 bits per heavy atom. The molecular weight excluding hydrogens is 291 g/mol. The number of hydrogen-bond donors (Lipinski definition) is 2. The van der Waals surface area contributed by atoms with Crippen molar-refractivity contribution < 1.29 is 9.71 Å². The lowest BCUT2D eigenvalue weighted by Gasteiger charge is -2.05. The van der Waals surface area contributed by atoms with Crippen molar-refractivity contribution in [1.29, 1.82) is 0 Å². The van der Waals surface area contributed by atoms with E-state index in [0.29, 0.717) is 13.1 Å². The molecule has 0 saturated carbocycles. The van der Waals surface area contributed by atoms with Gasteiger partial charge in [0.2, 0.25) is 0 Å². The van der Waals surface area contributed by atoms with Crippen LogP contribution in [0.15, 0.2) is 53.3 Å². The number of rotatable bonds is 5. The van der Waals surface area contributed by atoms with Crippen molar-refractivity contribution in [3.63, 3.8) is 0 Å². The van der Waals surface area contributed by atoms with Gasteiger partial charge in [0.25, 0.3) is 5.56 Å². The van der Waals surface area contributed by atoms with Gasteiger partial charge in [-0.05, 0) is 47.7 Å². The van der Waals surface area contributed by atoms with E-state index < -0.39 is 0 Å². The fourth-order valence-electron chi connectivity index (χ4n) is 2.69. The fourth-order valence-corrected chi connectivity index (χ4v) is 2.69. The van der Waals surface area contributed by atoms with Crippen LogP contribution < -0.4 is 10.9 Å². The monoisotopic (exact) mass is 311 g/mol. The molecule has 2 aromatic carbocycles. The lowest BCUT2D eigenvalue weighted by molar-refractivity contribution is -0.686. The van der Waals surface area contributed by atoms with E-state index in [2.05, 4.69) is 18.0 Å². The van der Waals surface area contributed by atoms with Crippen molar-refractivity contribution >= 4 is 10.9 Å². The van der Waals surface area contributed by atoms with E-state index in [1.165, 1.54) is 17.7 Å². The maximum atomic E-state index is 12.9. The molecule has 0 spiro atoms. The van der Waals surface area contributed by atoms with Crippen molar-refractivity contribution in [3.8, 4) is 0 Å². The molecule has 0 saturated heterocycles. The van der Waals surface area contributed by atoms with Crippen LogP contribution in [0.5, 0.6) is 0 Å². The molecule has 0 aliphatic heterocycles. The molecule has 3 N–H and O–H groups in total. The van der Waals surface area contributed by atoms with Crippen LogP contribution in [0.3, 0.4) is 0 Å². The van der Waals surface area contributed by atoms with Crippen LogP contribution in [0.1, 0.15) is 23.6 Å². The summed E-state index contributed by atoms with van der Waals surface area (Å²) in [5.41, 5.74) is 3.88. The molecule has 3 aromatic rings. The number of pyridine rings is 1. The van der Waals surface area contributed by atoms with Crippen LogP contribution in [0, 0.1) is 5.82 Å². The van der Waals surface area contributed by atoms with Crippen molar-refractivity contribution in [2.75, 3.05) is 0 Å². The number of aryl methyl sites for hydroxylation is 1. The largest absolute Gasteiger partial charge is 0.339 e. The van der Waals surface area contributed by atoms with Crippen LogP contribution in [0.4, 0.5) is 4.39 Å². The maximum absolute atomic E-state index is 12.9. The Hall–Kier alpha value is -2.46. The van der Waals surface area contributed by atoms with Crippen molar-refractivity contribution in [1.82, 2.24) is 4.98 Å². The molecule has 3 rings (SSSR count). The molecule has 0 amide bonds. The van der Waals surface area contributed by atoms with Gasteiger partial charge in [0, 0.05) is 11.1 Å². The Morgan fingerprint density at radius 3 is 2.48 bits per heavy atom. The molecule has 0 aliphatic rings. The summed E-state index contributed by atoms with van der Waals surface area (Å²) in [4.78, 5) is 15.1. The number of nitrogens with one attached hydrogen (secondary N) is 1. The highest BCUT2D eigenvalue weighted by Gasteiger charge is 2.06.